The number of piperidine rings is 1. The van der Waals surface area contributed by atoms with E-state index in [-0.39, 0.29) is 49.9 Å². The Balaban J connectivity index is 1.25. The number of phosphoric ester groups is 1. The van der Waals surface area contributed by atoms with Crippen LogP contribution in [0.2, 0.25) is 0 Å². The van der Waals surface area contributed by atoms with E-state index in [4.69, 9.17) is 18.7 Å². The van der Waals surface area contributed by atoms with Crippen molar-refractivity contribution >= 4 is 49.1 Å². The van der Waals surface area contributed by atoms with E-state index >= 15 is 0 Å². The highest BCUT2D eigenvalue weighted by Gasteiger charge is 2.50. The lowest BCUT2D eigenvalue weighted by atomic mass is 9.98. The number of benzene rings is 2. The maximum atomic E-state index is 14.6. The van der Waals surface area contributed by atoms with Gasteiger partial charge in [0.05, 0.1) is 12.1 Å². The van der Waals surface area contributed by atoms with Crippen LogP contribution in [0, 0.1) is 17.6 Å². The molecule has 65 heavy (non-hydrogen) atoms. The molecular formula is C41H52F2N7O14P. The van der Waals surface area contributed by atoms with Crippen LogP contribution in [0.25, 0.3) is 0 Å². The zero-order chi connectivity index (χ0) is 46.9. The summed E-state index contributed by atoms with van der Waals surface area (Å²) in [6.07, 6.45) is -4.46. The fourth-order valence-electron chi connectivity index (χ4n) is 9.13. The second kappa shape index (κ2) is 19.6. The van der Waals surface area contributed by atoms with Gasteiger partial charge in [0.1, 0.15) is 54.2 Å². The minimum atomic E-state index is -5.19. The zero-order valence-corrected chi connectivity index (χ0v) is 36.6. The average molecular weight is 936 g/mol. The van der Waals surface area contributed by atoms with E-state index in [1.165, 1.54) is 41.8 Å². The molecule has 21 nitrogen and oxygen atoms in total. The first-order valence-electron chi connectivity index (χ1n) is 21.3. The minimum absolute atomic E-state index is 0.0485. The van der Waals surface area contributed by atoms with Crippen LogP contribution < -0.4 is 30.7 Å². The van der Waals surface area contributed by atoms with Gasteiger partial charge in [0.2, 0.25) is 30.4 Å². The fraction of sp³-hybridized carbons (Fsp3) is 0.561. The van der Waals surface area contributed by atoms with Crippen LogP contribution in [0.4, 0.5) is 19.3 Å². The molecule has 2 aromatic rings. The van der Waals surface area contributed by atoms with Crippen molar-refractivity contribution in [1.82, 2.24) is 30.7 Å². The first-order valence-corrected chi connectivity index (χ1v) is 22.8. The van der Waals surface area contributed by atoms with Crippen molar-refractivity contribution in [1.29, 1.82) is 0 Å². The normalized spacial score (nSPS) is 29.3. The Morgan fingerprint density at radius 3 is 2.37 bits per heavy atom. The Morgan fingerprint density at radius 2 is 1.65 bits per heavy atom. The van der Waals surface area contributed by atoms with Gasteiger partial charge in [-0.3, -0.25) is 28.6 Å². The second-order valence-corrected chi connectivity index (χ2v) is 18.3. The molecule has 0 spiro atoms. The highest BCUT2D eigenvalue weighted by Crippen LogP contribution is 2.42. The van der Waals surface area contributed by atoms with Gasteiger partial charge in [-0.1, -0.05) is 6.92 Å². The van der Waals surface area contributed by atoms with Gasteiger partial charge in [0, 0.05) is 50.3 Å². The van der Waals surface area contributed by atoms with Crippen molar-refractivity contribution in [3.63, 3.8) is 0 Å². The lowest BCUT2D eigenvalue weighted by Gasteiger charge is -2.41. The van der Waals surface area contributed by atoms with Crippen LogP contribution in [0.3, 0.4) is 0 Å². The largest absolute Gasteiger partial charge is 0.469 e. The second-order valence-electron chi connectivity index (χ2n) is 17.1. The molecule has 0 saturated carbocycles. The SMILES string of the molecule is C[C@@H]1C[C@H]2C(=O)O[C@@H](C)[C@H](NC(=O)[C@H](Cc3cc(F)cc(F)c3)NC(=O)Nc3ccc4c(c3)OCO4)C(O)N3C[C@H](OP(=O)(O)O)C[C@H]3C(=O)N3CCCC[C@H]3C(=O)N[C@@H](C)C(=O)N2C1. The third kappa shape index (κ3) is 11.2. The smallest absolute Gasteiger partial charge is 0.459 e. The van der Waals surface area contributed by atoms with Gasteiger partial charge in [-0.15, -0.1) is 0 Å². The molecule has 5 heterocycles. The molecule has 0 aromatic heterocycles. The monoisotopic (exact) mass is 935 g/mol. The number of carbonyl (C=O) groups is 6. The number of ether oxygens (including phenoxy) is 3. The van der Waals surface area contributed by atoms with E-state index in [2.05, 4.69) is 21.3 Å². The van der Waals surface area contributed by atoms with E-state index < -0.39 is 129 Å². The number of aliphatic hydroxyl groups is 1. The molecule has 0 aliphatic carbocycles. The van der Waals surface area contributed by atoms with Crippen LogP contribution in [0.1, 0.15) is 58.4 Å². The van der Waals surface area contributed by atoms with Gasteiger partial charge in [0.25, 0.3) is 0 Å². The number of halogens is 2. The molecule has 5 aliphatic heterocycles. The van der Waals surface area contributed by atoms with Crippen molar-refractivity contribution < 1.29 is 75.7 Å². The standard InChI is InChI=1S/C41H52F2N7O14P/c1-20-10-31-40(56)63-22(3)34(47-35(51)28(13-23-11-24(42)14-25(43)12-23)46-41(57)45-26-7-8-32-33(15-26)62-19-61-32)39(55)50-18-27(64-65(58,59)60)16-30(50)38(54)48-9-5-4-6-29(48)36(52)44-21(2)37(53)49(31)17-20/h7-8,11-12,14-15,20-22,27-31,34,39,55H,4-6,9-10,13,16-19H2,1-3H3,(H,44,52)(H,47,51)(H2,45,46,57)(H2,58,59,60)/t20-,21+,22+,27-,28+,29+,30+,31+,34+,39?/m1/s1. The van der Waals surface area contributed by atoms with Crippen LogP contribution in [-0.4, -0.2) is 146 Å². The van der Waals surface area contributed by atoms with Gasteiger partial charge in [-0.05, 0) is 75.3 Å². The summed E-state index contributed by atoms with van der Waals surface area (Å²) >= 11 is 0. The maximum Gasteiger partial charge on any atom is 0.469 e. The molecule has 1 unspecified atom stereocenters. The van der Waals surface area contributed by atoms with E-state index in [0.717, 1.165) is 17.0 Å². The topological polar surface area (TPSA) is 275 Å². The molecule has 6 amide bonds. The fourth-order valence-corrected chi connectivity index (χ4v) is 9.67. The number of hydrogen-bond donors (Lipinski definition) is 7. The van der Waals surface area contributed by atoms with Crippen LogP contribution >= 0.6 is 7.82 Å². The molecule has 0 bridgehead atoms. The van der Waals surface area contributed by atoms with E-state index in [0.29, 0.717) is 30.4 Å². The Labute approximate surface area is 371 Å². The first kappa shape index (κ1) is 47.5. The molecule has 24 heteroatoms. The number of urea groups is 1. The third-order valence-electron chi connectivity index (χ3n) is 12.1. The average Bonchev–Trinajstić information content (AvgIpc) is 3.98. The summed E-state index contributed by atoms with van der Waals surface area (Å²) in [6, 6.07) is -2.19. The summed E-state index contributed by atoms with van der Waals surface area (Å²) in [7, 11) is -5.19. The van der Waals surface area contributed by atoms with Gasteiger partial charge < -0.3 is 60.2 Å². The summed E-state index contributed by atoms with van der Waals surface area (Å²) in [4.78, 5) is 108. The molecule has 7 rings (SSSR count). The third-order valence-corrected chi connectivity index (χ3v) is 12.7. The van der Waals surface area contributed by atoms with Crippen molar-refractivity contribution in [2.75, 3.05) is 31.7 Å². The Bertz CT molecular complexity index is 2220. The van der Waals surface area contributed by atoms with Crippen LogP contribution in [0.15, 0.2) is 36.4 Å². The number of amides is 6. The summed E-state index contributed by atoms with van der Waals surface area (Å²) in [5.41, 5.74) is 0.144. The highest BCUT2D eigenvalue weighted by molar-refractivity contribution is 7.46. The first-order chi connectivity index (χ1) is 30.7. The summed E-state index contributed by atoms with van der Waals surface area (Å²) < 4.78 is 62.6. The van der Waals surface area contributed by atoms with E-state index in [1.54, 1.807) is 0 Å². The molecule has 10 atom stereocenters. The molecule has 4 saturated heterocycles. The van der Waals surface area contributed by atoms with Crippen molar-refractivity contribution in [3.8, 4) is 11.5 Å². The number of anilines is 1. The number of fused-ring (bicyclic) bond motifs is 4. The Kier molecular flexibility index (Phi) is 14.3. The molecule has 5 aliphatic rings. The summed E-state index contributed by atoms with van der Waals surface area (Å²) in [5.74, 6) is -5.39. The number of esters is 1. The molecule has 0 radical (unpaired) electrons. The lowest BCUT2D eigenvalue weighted by Crippen LogP contribution is -2.64. The summed E-state index contributed by atoms with van der Waals surface area (Å²) in [6.45, 7) is 4.22. The number of nitrogens with one attached hydrogen (secondary N) is 4. The van der Waals surface area contributed by atoms with Crippen LogP contribution in [-0.2, 0) is 44.2 Å². The predicted molar refractivity (Wildman–Crippen MR) is 220 cm³/mol. The number of hydrogen-bond acceptors (Lipinski definition) is 13. The molecule has 2 aromatic carbocycles. The maximum absolute atomic E-state index is 14.6. The van der Waals surface area contributed by atoms with Crippen LogP contribution in [0.5, 0.6) is 11.5 Å². The minimum Gasteiger partial charge on any atom is -0.459 e. The lowest BCUT2D eigenvalue weighted by molar-refractivity contribution is -0.166. The molecule has 4 fully saturated rings. The van der Waals surface area contributed by atoms with Crippen molar-refractivity contribution in [3.05, 3.63) is 53.6 Å². The predicted octanol–water partition coefficient (Wildman–Crippen LogP) is 0.850. The van der Waals surface area contributed by atoms with Crippen molar-refractivity contribution in [2.24, 2.45) is 5.92 Å². The molecule has 7 N–H and O–H groups in total. The molecule has 354 valence electrons. The number of cyclic esters (lactones) is 1. The van der Waals surface area contributed by atoms with E-state index in [9.17, 15) is 57.0 Å². The Hall–Kier alpha value is -5.45. The van der Waals surface area contributed by atoms with E-state index in [1.807, 2.05) is 6.92 Å². The van der Waals surface area contributed by atoms with Gasteiger partial charge >= 0.3 is 19.8 Å². The van der Waals surface area contributed by atoms with Gasteiger partial charge in [-0.25, -0.2) is 22.9 Å². The number of carbonyl (C=O) groups excluding carboxylic acids is 6. The van der Waals surface area contributed by atoms with Crippen molar-refractivity contribution in [2.45, 2.75) is 114 Å². The van der Waals surface area contributed by atoms with Gasteiger partial charge in [0.15, 0.2) is 11.5 Å². The number of nitrogens with zero attached hydrogens (tertiary/aromatic N) is 3. The number of aliphatic hydroxyl groups excluding tert-OH is 1. The number of rotatable bonds is 8. The van der Waals surface area contributed by atoms with Gasteiger partial charge in [-0.2, -0.15) is 0 Å². The summed E-state index contributed by atoms with van der Waals surface area (Å²) in [5, 5.41) is 22.7. The quantitative estimate of drug-likeness (QED) is 0.143. The molecular weight excluding hydrogens is 883 g/mol. The highest BCUT2D eigenvalue weighted by atomic mass is 31.2. The zero-order valence-electron chi connectivity index (χ0n) is 35.7. The Morgan fingerprint density at radius 1 is 0.923 bits per heavy atom. The number of phosphoric acid groups is 1.